The van der Waals surface area contributed by atoms with Gasteiger partial charge in [-0.1, -0.05) is 18.2 Å². The molecular formula is C13H8NO4-. The van der Waals surface area contributed by atoms with Crippen LogP contribution in [-0.2, 0) is 14.4 Å². The van der Waals surface area contributed by atoms with Crippen LogP contribution in [0.3, 0.4) is 0 Å². The van der Waals surface area contributed by atoms with E-state index in [1.807, 2.05) is 0 Å². The first-order valence-corrected chi connectivity index (χ1v) is 5.13. The van der Waals surface area contributed by atoms with Gasteiger partial charge in [0.1, 0.15) is 0 Å². The normalized spacial score (nSPS) is 14.8. The van der Waals surface area contributed by atoms with Crippen molar-refractivity contribution in [3.8, 4) is 0 Å². The molecule has 0 aromatic heterocycles. The van der Waals surface area contributed by atoms with E-state index >= 15 is 0 Å². The molecule has 0 unspecified atom stereocenters. The highest BCUT2D eigenvalue weighted by atomic mass is 16.4. The fraction of sp³-hybridized carbons (Fsp3) is 0. The summed E-state index contributed by atoms with van der Waals surface area (Å²) in [6.45, 7) is 0. The second-order valence-electron chi connectivity index (χ2n) is 3.59. The zero-order chi connectivity index (χ0) is 13.1. The molecule has 0 bridgehead atoms. The molecule has 2 amide bonds. The second kappa shape index (κ2) is 4.67. The third-order valence-corrected chi connectivity index (χ3v) is 2.35. The summed E-state index contributed by atoms with van der Waals surface area (Å²) in [4.78, 5) is 34.2. The van der Waals surface area contributed by atoms with Crippen LogP contribution < -0.4 is 10.0 Å². The Morgan fingerprint density at radius 1 is 1.17 bits per heavy atom. The molecule has 0 saturated heterocycles. The van der Waals surface area contributed by atoms with Crippen LogP contribution >= 0.6 is 0 Å². The molecule has 1 aliphatic heterocycles. The summed E-state index contributed by atoms with van der Waals surface area (Å²) in [5.74, 6) is -2.14. The molecule has 18 heavy (non-hydrogen) atoms. The van der Waals surface area contributed by atoms with Gasteiger partial charge in [-0.3, -0.25) is 9.59 Å². The summed E-state index contributed by atoms with van der Waals surface area (Å²) in [5, 5.41) is 10.3. The molecule has 1 aliphatic rings. The van der Waals surface area contributed by atoms with Crippen LogP contribution in [0.15, 0.2) is 42.5 Å². The number of imide groups is 1. The van der Waals surface area contributed by atoms with Crippen molar-refractivity contribution in [1.29, 1.82) is 0 Å². The summed E-state index contributed by atoms with van der Waals surface area (Å²) in [6, 6.07) is 6.42. The lowest BCUT2D eigenvalue weighted by Gasteiger charge is -2.14. The molecule has 90 valence electrons. The number of nitrogens with zero attached hydrogens (tertiary/aromatic N) is 1. The highest BCUT2D eigenvalue weighted by Crippen LogP contribution is 2.20. The van der Waals surface area contributed by atoms with E-state index in [0.717, 1.165) is 11.0 Å². The van der Waals surface area contributed by atoms with E-state index < -0.39 is 17.8 Å². The second-order valence-corrected chi connectivity index (χ2v) is 3.59. The molecule has 0 spiro atoms. The Balaban J connectivity index is 2.30. The monoisotopic (exact) mass is 242 g/mol. The Hall–Kier alpha value is -2.69. The van der Waals surface area contributed by atoms with Crippen molar-refractivity contribution in [1.82, 2.24) is 0 Å². The third-order valence-electron chi connectivity index (χ3n) is 2.35. The van der Waals surface area contributed by atoms with Crippen molar-refractivity contribution in [2.45, 2.75) is 0 Å². The van der Waals surface area contributed by atoms with Crippen LogP contribution in [0.2, 0.25) is 0 Å². The molecule has 0 aliphatic carbocycles. The molecule has 5 heteroatoms. The van der Waals surface area contributed by atoms with Gasteiger partial charge in [-0.15, -0.1) is 0 Å². The summed E-state index contributed by atoms with van der Waals surface area (Å²) in [6.07, 6.45) is 4.58. The molecule has 0 fully saturated rings. The van der Waals surface area contributed by atoms with E-state index in [-0.39, 0.29) is 0 Å². The molecule has 0 atom stereocenters. The number of carbonyl (C=O) groups excluding carboxylic acids is 3. The first-order chi connectivity index (χ1) is 8.58. The molecule has 1 heterocycles. The average molecular weight is 242 g/mol. The largest absolute Gasteiger partial charge is 0.545 e. The maximum atomic E-state index is 11.5. The van der Waals surface area contributed by atoms with Crippen molar-refractivity contribution in [3.63, 3.8) is 0 Å². The van der Waals surface area contributed by atoms with Gasteiger partial charge in [-0.25, -0.2) is 4.90 Å². The van der Waals surface area contributed by atoms with E-state index in [2.05, 4.69) is 0 Å². The zero-order valence-corrected chi connectivity index (χ0v) is 9.20. The number of hydrogen-bond donors (Lipinski definition) is 0. The smallest absolute Gasteiger partial charge is 0.258 e. The highest BCUT2D eigenvalue weighted by Gasteiger charge is 2.24. The van der Waals surface area contributed by atoms with E-state index in [1.165, 1.54) is 18.2 Å². The molecule has 0 radical (unpaired) electrons. The molecule has 2 rings (SSSR count). The van der Waals surface area contributed by atoms with Gasteiger partial charge in [0, 0.05) is 12.2 Å². The van der Waals surface area contributed by atoms with Gasteiger partial charge in [-0.2, -0.15) is 0 Å². The molecular weight excluding hydrogens is 234 g/mol. The van der Waals surface area contributed by atoms with Crippen LogP contribution in [-0.4, -0.2) is 17.8 Å². The minimum absolute atomic E-state index is 0.399. The Labute approximate surface area is 103 Å². The summed E-state index contributed by atoms with van der Waals surface area (Å²) in [7, 11) is 0. The van der Waals surface area contributed by atoms with Gasteiger partial charge in [-0.05, 0) is 23.8 Å². The van der Waals surface area contributed by atoms with Gasteiger partial charge < -0.3 is 9.90 Å². The number of hydrogen-bond acceptors (Lipinski definition) is 4. The van der Waals surface area contributed by atoms with Gasteiger partial charge in [0.25, 0.3) is 11.8 Å². The van der Waals surface area contributed by atoms with Gasteiger partial charge in [0.15, 0.2) is 0 Å². The highest BCUT2D eigenvalue weighted by molar-refractivity contribution is 6.28. The topological polar surface area (TPSA) is 77.5 Å². The maximum Gasteiger partial charge on any atom is 0.258 e. The van der Waals surface area contributed by atoms with Gasteiger partial charge >= 0.3 is 0 Å². The fourth-order valence-electron chi connectivity index (χ4n) is 1.59. The van der Waals surface area contributed by atoms with Crippen molar-refractivity contribution in [2.75, 3.05) is 4.90 Å². The predicted molar refractivity (Wildman–Crippen MR) is 62.1 cm³/mol. The van der Waals surface area contributed by atoms with E-state index in [0.29, 0.717) is 11.3 Å². The number of aliphatic carboxylic acids is 1. The standard InChI is InChI=1S/C13H9NO4/c15-11-5-6-12(16)14(11)10-3-1-2-9(8-10)4-7-13(17)18/h1-8H,(H,17,18)/p-1/b7-4+. The van der Waals surface area contributed by atoms with Crippen LogP contribution in [0.4, 0.5) is 5.69 Å². The number of benzene rings is 1. The van der Waals surface area contributed by atoms with E-state index in [9.17, 15) is 19.5 Å². The van der Waals surface area contributed by atoms with Crippen molar-refractivity contribution < 1.29 is 19.5 Å². The molecule has 0 N–H and O–H groups in total. The molecule has 5 nitrogen and oxygen atoms in total. The van der Waals surface area contributed by atoms with Crippen LogP contribution in [0, 0.1) is 0 Å². The Bertz CT molecular complexity index is 568. The number of rotatable bonds is 3. The lowest BCUT2D eigenvalue weighted by Crippen LogP contribution is -2.29. The minimum atomic E-state index is -1.31. The number of carboxylic acids is 1. The molecule has 1 aromatic rings. The first-order valence-electron chi connectivity index (χ1n) is 5.13. The molecule has 0 saturated carbocycles. The number of carbonyl (C=O) groups is 3. The van der Waals surface area contributed by atoms with E-state index in [1.54, 1.807) is 24.3 Å². The maximum absolute atomic E-state index is 11.5. The van der Waals surface area contributed by atoms with Crippen LogP contribution in [0.5, 0.6) is 0 Å². The lowest BCUT2D eigenvalue weighted by molar-refractivity contribution is -0.297. The zero-order valence-electron chi connectivity index (χ0n) is 9.20. The fourth-order valence-corrected chi connectivity index (χ4v) is 1.59. The lowest BCUT2D eigenvalue weighted by atomic mass is 10.1. The van der Waals surface area contributed by atoms with Crippen molar-refractivity contribution in [3.05, 3.63) is 48.1 Å². The first kappa shape index (κ1) is 11.8. The number of amides is 2. The average Bonchev–Trinajstić information content (AvgIpc) is 2.67. The Morgan fingerprint density at radius 3 is 2.44 bits per heavy atom. The number of anilines is 1. The quantitative estimate of drug-likeness (QED) is 0.547. The molecule has 1 aromatic carbocycles. The van der Waals surface area contributed by atoms with Crippen molar-refractivity contribution >= 4 is 29.5 Å². The predicted octanol–water partition coefficient (Wildman–Crippen LogP) is -0.121. The Kier molecular flexibility index (Phi) is 3.05. The summed E-state index contributed by atoms with van der Waals surface area (Å²) in [5.41, 5.74) is 0.958. The van der Waals surface area contributed by atoms with Gasteiger partial charge in [0.2, 0.25) is 0 Å². The third kappa shape index (κ3) is 2.35. The van der Waals surface area contributed by atoms with Crippen molar-refractivity contribution in [2.24, 2.45) is 0 Å². The van der Waals surface area contributed by atoms with Crippen LogP contribution in [0.25, 0.3) is 6.08 Å². The SMILES string of the molecule is O=C([O-])/C=C/c1cccc(N2C(=O)C=CC2=O)c1. The van der Waals surface area contributed by atoms with Crippen LogP contribution in [0.1, 0.15) is 5.56 Å². The number of carboxylic acid groups (broad SMARTS) is 1. The van der Waals surface area contributed by atoms with E-state index in [4.69, 9.17) is 0 Å². The minimum Gasteiger partial charge on any atom is -0.545 e. The summed E-state index contributed by atoms with van der Waals surface area (Å²) < 4.78 is 0. The van der Waals surface area contributed by atoms with Gasteiger partial charge in [0.05, 0.1) is 11.7 Å². The summed E-state index contributed by atoms with van der Waals surface area (Å²) >= 11 is 0. The Morgan fingerprint density at radius 2 is 1.83 bits per heavy atom.